The van der Waals surface area contributed by atoms with Gasteiger partial charge in [-0.15, -0.1) is 0 Å². The van der Waals surface area contributed by atoms with Crippen LogP contribution in [0.25, 0.3) is 0 Å². The Labute approximate surface area is 105 Å². The number of ether oxygens (including phenoxy) is 1. The van der Waals surface area contributed by atoms with Crippen molar-refractivity contribution < 1.29 is 9.53 Å². The van der Waals surface area contributed by atoms with Gasteiger partial charge in [-0.2, -0.15) is 0 Å². The van der Waals surface area contributed by atoms with Gasteiger partial charge in [0.15, 0.2) is 0 Å². The first-order valence-corrected chi connectivity index (χ1v) is 6.91. The molecule has 98 valence electrons. The van der Waals surface area contributed by atoms with Crippen LogP contribution in [0.1, 0.15) is 59.3 Å². The number of unbranched alkanes of at least 4 members (excludes halogenated alkanes) is 1. The second-order valence-corrected chi connectivity index (χ2v) is 5.50. The summed E-state index contributed by atoms with van der Waals surface area (Å²) in [6.45, 7) is 9.90. The van der Waals surface area contributed by atoms with Crippen molar-refractivity contribution in [1.82, 2.24) is 0 Å². The van der Waals surface area contributed by atoms with E-state index >= 15 is 0 Å². The SMILES string of the molecule is C=C(C)C(=O)OC1CCC(C)C(CCCC)C1. The number of hydrogen-bond acceptors (Lipinski definition) is 2. The number of hydrogen-bond donors (Lipinski definition) is 0. The van der Waals surface area contributed by atoms with Gasteiger partial charge in [0.25, 0.3) is 0 Å². The average Bonchev–Trinajstić information content (AvgIpc) is 2.29. The molecule has 0 aromatic heterocycles. The van der Waals surface area contributed by atoms with Gasteiger partial charge in [-0.1, -0.05) is 39.7 Å². The Bertz CT molecular complexity index is 270. The summed E-state index contributed by atoms with van der Waals surface area (Å²) in [7, 11) is 0. The first-order valence-electron chi connectivity index (χ1n) is 6.91. The van der Waals surface area contributed by atoms with Crippen LogP contribution in [0.5, 0.6) is 0 Å². The Hall–Kier alpha value is -0.790. The Kier molecular flexibility index (Phi) is 5.73. The Morgan fingerprint density at radius 2 is 2.12 bits per heavy atom. The van der Waals surface area contributed by atoms with Crippen LogP contribution in [-0.4, -0.2) is 12.1 Å². The van der Waals surface area contributed by atoms with E-state index in [0.29, 0.717) is 5.57 Å². The van der Waals surface area contributed by atoms with Gasteiger partial charge in [-0.05, 0) is 38.0 Å². The lowest BCUT2D eigenvalue weighted by Gasteiger charge is -2.34. The Morgan fingerprint density at radius 3 is 2.71 bits per heavy atom. The van der Waals surface area contributed by atoms with Crippen molar-refractivity contribution >= 4 is 5.97 Å². The lowest BCUT2D eigenvalue weighted by atomic mass is 9.76. The van der Waals surface area contributed by atoms with Gasteiger partial charge in [0.1, 0.15) is 6.10 Å². The molecular weight excluding hydrogens is 212 g/mol. The molecule has 1 saturated carbocycles. The van der Waals surface area contributed by atoms with Crippen molar-refractivity contribution in [2.75, 3.05) is 0 Å². The molecule has 0 spiro atoms. The van der Waals surface area contributed by atoms with Crippen molar-refractivity contribution in [2.24, 2.45) is 11.8 Å². The molecule has 1 aliphatic carbocycles. The molecule has 1 fully saturated rings. The maximum atomic E-state index is 11.5. The Balaban J connectivity index is 2.43. The van der Waals surface area contributed by atoms with Crippen LogP contribution in [-0.2, 0) is 9.53 Å². The van der Waals surface area contributed by atoms with E-state index in [1.54, 1.807) is 6.92 Å². The van der Waals surface area contributed by atoms with E-state index < -0.39 is 0 Å². The largest absolute Gasteiger partial charge is 0.459 e. The van der Waals surface area contributed by atoms with Crippen LogP contribution in [0.4, 0.5) is 0 Å². The minimum Gasteiger partial charge on any atom is -0.459 e. The van der Waals surface area contributed by atoms with Crippen molar-refractivity contribution in [3.8, 4) is 0 Å². The molecular formula is C15H26O2. The number of carbonyl (C=O) groups excluding carboxylic acids is 1. The van der Waals surface area contributed by atoms with Gasteiger partial charge in [0.2, 0.25) is 0 Å². The number of rotatable bonds is 5. The summed E-state index contributed by atoms with van der Waals surface area (Å²) in [4.78, 5) is 11.5. The van der Waals surface area contributed by atoms with E-state index in [2.05, 4.69) is 20.4 Å². The second kappa shape index (κ2) is 6.83. The van der Waals surface area contributed by atoms with Crippen LogP contribution >= 0.6 is 0 Å². The van der Waals surface area contributed by atoms with Crippen LogP contribution in [0.3, 0.4) is 0 Å². The molecule has 0 aliphatic heterocycles. The van der Waals surface area contributed by atoms with E-state index in [1.165, 1.54) is 25.7 Å². The first-order chi connectivity index (χ1) is 8.04. The molecule has 0 aromatic rings. The molecule has 0 amide bonds. The van der Waals surface area contributed by atoms with Crippen LogP contribution in [0.15, 0.2) is 12.2 Å². The third-order valence-corrected chi connectivity index (χ3v) is 3.86. The maximum Gasteiger partial charge on any atom is 0.333 e. The smallest absolute Gasteiger partial charge is 0.333 e. The molecule has 3 atom stereocenters. The maximum absolute atomic E-state index is 11.5. The molecule has 0 aromatic carbocycles. The van der Waals surface area contributed by atoms with Gasteiger partial charge < -0.3 is 4.74 Å². The van der Waals surface area contributed by atoms with Gasteiger partial charge in [0.05, 0.1) is 0 Å². The molecule has 17 heavy (non-hydrogen) atoms. The monoisotopic (exact) mass is 238 g/mol. The molecule has 0 radical (unpaired) electrons. The normalized spacial score (nSPS) is 28.8. The minimum atomic E-state index is -0.223. The zero-order valence-corrected chi connectivity index (χ0v) is 11.5. The van der Waals surface area contributed by atoms with Gasteiger partial charge in [0, 0.05) is 5.57 Å². The van der Waals surface area contributed by atoms with Crippen molar-refractivity contribution in [3.63, 3.8) is 0 Å². The van der Waals surface area contributed by atoms with Crippen LogP contribution < -0.4 is 0 Å². The third-order valence-electron chi connectivity index (χ3n) is 3.86. The summed E-state index contributed by atoms with van der Waals surface area (Å²) in [5, 5.41) is 0. The lowest BCUT2D eigenvalue weighted by molar-refractivity contribution is -0.147. The zero-order valence-electron chi connectivity index (χ0n) is 11.5. The van der Waals surface area contributed by atoms with E-state index in [9.17, 15) is 4.79 Å². The molecule has 2 heteroatoms. The van der Waals surface area contributed by atoms with E-state index in [-0.39, 0.29) is 12.1 Å². The Morgan fingerprint density at radius 1 is 1.41 bits per heavy atom. The molecule has 0 N–H and O–H groups in total. The van der Waals surface area contributed by atoms with Crippen LogP contribution in [0, 0.1) is 11.8 Å². The summed E-state index contributed by atoms with van der Waals surface area (Å²) in [5.41, 5.74) is 0.508. The van der Waals surface area contributed by atoms with Crippen molar-refractivity contribution in [2.45, 2.75) is 65.4 Å². The first kappa shape index (κ1) is 14.3. The summed E-state index contributed by atoms with van der Waals surface area (Å²) in [6.07, 6.45) is 7.18. The van der Waals surface area contributed by atoms with E-state index in [0.717, 1.165) is 24.7 Å². The highest BCUT2D eigenvalue weighted by molar-refractivity contribution is 5.87. The van der Waals surface area contributed by atoms with E-state index in [4.69, 9.17) is 4.74 Å². The second-order valence-electron chi connectivity index (χ2n) is 5.50. The standard InChI is InChI=1S/C15H26O2/c1-5-6-7-13-10-14(9-8-12(13)4)17-15(16)11(2)3/h12-14H,2,5-10H2,1,3-4H3. The summed E-state index contributed by atoms with van der Waals surface area (Å²) >= 11 is 0. The summed E-state index contributed by atoms with van der Waals surface area (Å²) in [5.74, 6) is 1.28. The molecule has 2 nitrogen and oxygen atoms in total. The molecule has 0 heterocycles. The topological polar surface area (TPSA) is 26.3 Å². The van der Waals surface area contributed by atoms with Crippen molar-refractivity contribution in [1.29, 1.82) is 0 Å². The molecule has 3 unspecified atom stereocenters. The van der Waals surface area contributed by atoms with Gasteiger partial charge >= 0.3 is 5.97 Å². The lowest BCUT2D eigenvalue weighted by Crippen LogP contribution is -2.30. The summed E-state index contributed by atoms with van der Waals surface area (Å²) in [6, 6.07) is 0. The molecule has 0 saturated heterocycles. The predicted molar refractivity (Wildman–Crippen MR) is 70.7 cm³/mol. The quantitative estimate of drug-likeness (QED) is 0.532. The molecule has 0 bridgehead atoms. The highest BCUT2D eigenvalue weighted by atomic mass is 16.5. The highest BCUT2D eigenvalue weighted by Crippen LogP contribution is 2.34. The van der Waals surface area contributed by atoms with E-state index in [1.807, 2.05) is 0 Å². The van der Waals surface area contributed by atoms with Gasteiger partial charge in [-0.25, -0.2) is 4.79 Å². The number of carbonyl (C=O) groups is 1. The van der Waals surface area contributed by atoms with Gasteiger partial charge in [-0.3, -0.25) is 0 Å². The minimum absolute atomic E-state index is 0.122. The predicted octanol–water partition coefficient (Wildman–Crippen LogP) is 4.10. The third kappa shape index (κ3) is 4.53. The number of esters is 1. The fraction of sp³-hybridized carbons (Fsp3) is 0.800. The zero-order chi connectivity index (χ0) is 12.8. The fourth-order valence-corrected chi connectivity index (χ4v) is 2.60. The average molecular weight is 238 g/mol. The summed E-state index contributed by atoms with van der Waals surface area (Å²) < 4.78 is 5.47. The molecule has 1 aliphatic rings. The fourth-order valence-electron chi connectivity index (χ4n) is 2.60. The molecule has 1 rings (SSSR count). The highest BCUT2D eigenvalue weighted by Gasteiger charge is 2.29. The van der Waals surface area contributed by atoms with Crippen LogP contribution in [0.2, 0.25) is 0 Å². The van der Waals surface area contributed by atoms with Crippen molar-refractivity contribution in [3.05, 3.63) is 12.2 Å².